The van der Waals surface area contributed by atoms with Crippen molar-refractivity contribution in [2.24, 2.45) is 10.8 Å². The van der Waals surface area contributed by atoms with Crippen molar-refractivity contribution in [1.29, 1.82) is 0 Å². The van der Waals surface area contributed by atoms with E-state index in [-0.39, 0.29) is 18.1 Å². The number of aryl methyl sites for hydroxylation is 1. The fourth-order valence-corrected chi connectivity index (χ4v) is 1.83. The molecule has 9 nitrogen and oxygen atoms in total. The molecule has 9 heteroatoms. The Labute approximate surface area is 137 Å². The van der Waals surface area contributed by atoms with Crippen LogP contribution in [0.5, 0.6) is 11.5 Å². The Kier molecular flexibility index (Phi) is 5.50. The number of carbonyl (C=O) groups is 1. The molecular formula is C15H17N5O4. The lowest BCUT2D eigenvalue weighted by molar-refractivity contribution is -0.119. The van der Waals surface area contributed by atoms with Crippen LogP contribution in [0.4, 0.5) is 5.95 Å². The number of anilines is 1. The number of hydrogen-bond acceptors (Lipinski definition) is 7. The Morgan fingerprint density at radius 1 is 1.42 bits per heavy atom. The number of H-pyrrole nitrogens is 1. The van der Waals surface area contributed by atoms with Crippen LogP contribution >= 0.6 is 0 Å². The van der Waals surface area contributed by atoms with Crippen molar-refractivity contribution in [3.8, 4) is 11.5 Å². The molecule has 1 aromatic heterocycles. The number of hydrazone groups is 1. The summed E-state index contributed by atoms with van der Waals surface area (Å²) in [7, 11) is 1.48. The van der Waals surface area contributed by atoms with E-state index in [9.17, 15) is 9.59 Å². The summed E-state index contributed by atoms with van der Waals surface area (Å²) in [5.74, 6) is 0.490. The van der Waals surface area contributed by atoms with Crippen molar-refractivity contribution in [3.63, 3.8) is 0 Å². The number of nitrogens with one attached hydrogen (secondary N) is 2. The van der Waals surface area contributed by atoms with Crippen molar-refractivity contribution in [3.05, 3.63) is 45.9 Å². The molecule has 1 aromatic carbocycles. The van der Waals surface area contributed by atoms with Gasteiger partial charge in [0.1, 0.15) is 0 Å². The van der Waals surface area contributed by atoms with Crippen LogP contribution in [-0.2, 0) is 4.79 Å². The summed E-state index contributed by atoms with van der Waals surface area (Å²) in [5, 5.41) is 4.00. The van der Waals surface area contributed by atoms with E-state index in [0.29, 0.717) is 22.8 Å². The van der Waals surface area contributed by atoms with E-state index in [2.05, 4.69) is 20.5 Å². The number of methoxy groups -OCH3 is 1. The first-order valence-electron chi connectivity index (χ1n) is 6.94. The van der Waals surface area contributed by atoms with Crippen LogP contribution in [0.3, 0.4) is 0 Å². The van der Waals surface area contributed by atoms with Gasteiger partial charge in [-0.2, -0.15) is 5.10 Å². The van der Waals surface area contributed by atoms with Gasteiger partial charge in [0, 0.05) is 11.8 Å². The molecule has 2 rings (SSSR count). The summed E-state index contributed by atoms with van der Waals surface area (Å²) >= 11 is 0. The van der Waals surface area contributed by atoms with Crippen molar-refractivity contribution in [2.45, 2.75) is 6.92 Å². The summed E-state index contributed by atoms with van der Waals surface area (Å²) in [5.41, 5.74) is 8.70. The van der Waals surface area contributed by atoms with Gasteiger partial charge in [-0.15, -0.1) is 0 Å². The number of nitrogens with zero attached hydrogens (tertiary/aromatic N) is 2. The maximum Gasteiger partial charge on any atom is 0.255 e. The minimum absolute atomic E-state index is 0.238. The van der Waals surface area contributed by atoms with Crippen molar-refractivity contribution < 1.29 is 14.3 Å². The van der Waals surface area contributed by atoms with E-state index >= 15 is 0 Å². The van der Waals surface area contributed by atoms with Crippen LogP contribution in [0.1, 0.15) is 11.3 Å². The highest BCUT2D eigenvalue weighted by Gasteiger charge is 2.06. The Hall–Kier alpha value is -3.36. The number of rotatable bonds is 7. The fourth-order valence-electron chi connectivity index (χ4n) is 1.83. The maximum absolute atomic E-state index is 11.3. The highest BCUT2D eigenvalue weighted by Crippen LogP contribution is 2.27. The monoisotopic (exact) mass is 331 g/mol. The second-order valence-electron chi connectivity index (χ2n) is 4.77. The number of carbonyl (C=O) groups excluding carboxylic acids is 1. The van der Waals surface area contributed by atoms with Gasteiger partial charge in [0.25, 0.3) is 11.5 Å². The summed E-state index contributed by atoms with van der Waals surface area (Å²) < 4.78 is 10.4. The Bertz CT molecular complexity index is 816. The lowest BCUT2D eigenvalue weighted by atomic mass is 10.2. The van der Waals surface area contributed by atoms with Gasteiger partial charge in [0.2, 0.25) is 5.95 Å². The Morgan fingerprint density at radius 3 is 2.88 bits per heavy atom. The van der Waals surface area contributed by atoms with Crippen LogP contribution in [0.15, 0.2) is 34.2 Å². The molecule has 0 atom stereocenters. The van der Waals surface area contributed by atoms with E-state index < -0.39 is 5.91 Å². The van der Waals surface area contributed by atoms with Gasteiger partial charge in [0.05, 0.1) is 13.3 Å². The van der Waals surface area contributed by atoms with Gasteiger partial charge in [0.15, 0.2) is 18.1 Å². The molecule has 1 amide bonds. The van der Waals surface area contributed by atoms with Crippen LogP contribution < -0.4 is 26.2 Å². The normalized spacial score (nSPS) is 10.6. The zero-order valence-electron chi connectivity index (χ0n) is 13.2. The van der Waals surface area contributed by atoms with E-state index in [1.165, 1.54) is 19.4 Å². The number of nitrogens with two attached hydrogens (primary N) is 1. The molecule has 0 aliphatic carbocycles. The number of benzene rings is 1. The third-order valence-corrected chi connectivity index (χ3v) is 2.81. The van der Waals surface area contributed by atoms with Gasteiger partial charge in [-0.05, 0) is 30.7 Å². The van der Waals surface area contributed by atoms with E-state index in [1.807, 2.05) is 0 Å². The Morgan fingerprint density at radius 2 is 2.21 bits per heavy atom. The fraction of sp³-hybridized carbons (Fsp3) is 0.200. The third kappa shape index (κ3) is 4.83. The van der Waals surface area contributed by atoms with Gasteiger partial charge in [-0.3, -0.25) is 14.6 Å². The molecule has 0 fully saturated rings. The van der Waals surface area contributed by atoms with Gasteiger partial charge in [-0.1, -0.05) is 0 Å². The second kappa shape index (κ2) is 7.77. The lowest BCUT2D eigenvalue weighted by Crippen LogP contribution is -2.20. The first-order valence-corrected chi connectivity index (χ1v) is 6.94. The first-order chi connectivity index (χ1) is 11.5. The summed E-state index contributed by atoms with van der Waals surface area (Å²) in [6, 6.07) is 6.41. The number of aromatic nitrogens is 2. The highest BCUT2D eigenvalue weighted by atomic mass is 16.5. The molecular weight excluding hydrogens is 314 g/mol. The molecule has 126 valence electrons. The second-order valence-corrected chi connectivity index (χ2v) is 4.77. The minimum Gasteiger partial charge on any atom is -0.493 e. The van der Waals surface area contributed by atoms with E-state index in [4.69, 9.17) is 15.2 Å². The zero-order chi connectivity index (χ0) is 17.5. The van der Waals surface area contributed by atoms with Gasteiger partial charge in [-0.25, -0.2) is 10.4 Å². The number of amides is 1. The molecule has 2 aromatic rings. The maximum atomic E-state index is 11.3. The first kappa shape index (κ1) is 17.0. The van der Waals surface area contributed by atoms with Crippen molar-refractivity contribution >= 4 is 18.1 Å². The molecule has 0 saturated heterocycles. The predicted octanol–water partition coefficient (Wildman–Crippen LogP) is 0.397. The lowest BCUT2D eigenvalue weighted by Gasteiger charge is -2.09. The molecule has 0 bridgehead atoms. The van der Waals surface area contributed by atoms with Gasteiger partial charge < -0.3 is 15.2 Å². The molecule has 0 aliphatic heterocycles. The molecule has 0 unspecified atom stereocenters. The summed E-state index contributed by atoms with van der Waals surface area (Å²) in [6.07, 6.45) is 1.52. The number of aromatic amines is 1. The number of hydrogen-bond donors (Lipinski definition) is 3. The SMILES string of the molecule is COc1cc(/C=N\Nc2nc(C)cc(=O)[nH]2)ccc1OCC(N)=O. The van der Waals surface area contributed by atoms with Crippen LogP contribution in [0.25, 0.3) is 0 Å². The van der Waals surface area contributed by atoms with Gasteiger partial charge >= 0.3 is 0 Å². The van der Waals surface area contributed by atoms with Crippen LogP contribution in [0, 0.1) is 6.92 Å². The number of ether oxygens (including phenoxy) is 2. The number of primary amides is 1. The highest BCUT2D eigenvalue weighted by molar-refractivity contribution is 5.81. The van der Waals surface area contributed by atoms with E-state index in [1.54, 1.807) is 25.1 Å². The molecule has 1 heterocycles. The van der Waals surface area contributed by atoms with Crippen LogP contribution in [-0.4, -0.2) is 35.8 Å². The largest absolute Gasteiger partial charge is 0.493 e. The molecule has 0 radical (unpaired) electrons. The average molecular weight is 331 g/mol. The Balaban J connectivity index is 2.08. The van der Waals surface area contributed by atoms with Crippen LogP contribution in [0.2, 0.25) is 0 Å². The van der Waals surface area contributed by atoms with E-state index in [0.717, 1.165) is 0 Å². The molecule has 0 saturated carbocycles. The smallest absolute Gasteiger partial charge is 0.255 e. The predicted molar refractivity (Wildman–Crippen MR) is 88.5 cm³/mol. The minimum atomic E-state index is -0.577. The standard InChI is InChI=1S/C15H17N5O4/c1-9-5-14(22)19-15(18-9)20-17-7-10-3-4-11(12(6-10)23-2)24-8-13(16)21/h3-7H,8H2,1-2H3,(H2,16,21)(H2,18,19,20,22)/b17-7-. The topological polar surface area (TPSA) is 132 Å². The van der Waals surface area contributed by atoms with Crippen molar-refractivity contribution in [2.75, 3.05) is 19.1 Å². The average Bonchev–Trinajstić information content (AvgIpc) is 2.52. The summed E-state index contributed by atoms with van der Waals surface area (Å²) in [4.78, 5) is 28.7. The molecule has 0 aliphatic rings. The third-order valence-electron chi connectivity index (χ3n) is 2.81. The molecule has 0 spiro atoms. The van der Waals surface area contributed by atoms with Crippen molar-refractivity contribution in [1.82, 2.24) is 9.97 Å². The quantitative estimate of drug-likeness (QED) is 0.497. The molecule has 4 N–H and O–H groups in total. The summed E-state index contributed by atoms with van der Waals surface area (Å²) in [6.45, 7) is 1.47. The molecule has 24 heavy (non-hydrogen) atoms. The zero-order valence-corrected chi connectivity index (χ0v) is 13.2.